The molecule has 0 spiro atoms. The Hall–Kier alpha value is -2.81. The van der Waals surface area contributed by atoms with E-state index in [-0.39, 0.29) is 29.3 Å². The molecule has 35 heavy (non-hydrogen) atoms. The van der Waals surface area contributed by atoms with Crippen LogP contribution < -0.4 is 5.01 Å². The number of rotatable bonds is 8. The predicted octanol–water partition coefficient (Wildman–Crippen LogP) is 2.07. The summed E-state index contributed by atoms with van der Waals surface area (Å²) in [7, 11) is 0. The van der Waals surface area contributed by atoms with Crippen LogP contribution >= 0.6 is 11.8 Å². The van der Waals surface area contributed by atoms with Crippen molar-refractivity contribution in [2.45, 2.75) is 67.7 Å². The van der Waals surface area contributed by atoms with Gasteiger partial charge in [-0.15, -0.1) is 10.0 Å². The van der Waals surface area contributed by atoms with Crippen LogP contribution in [-0.4, -0.2) is 70.4 Å². The molecule has 2 aliphatic rings. The molecule has 0 saturated heterocycles. The average molecular weight is 508 g/mol. The van der Waals surface area contributed by atoms with Crippen LogP contribution in [0.1, 0.15) is 43.7 Å². The Morgan fingerprint density at radius 3 is 2.63 bits per heavy atom. The molecule has 1 aromatic carbocycles. The summed E-state index contributed by atoms with van der Waals surface area (Å²) >= 11 is 1.35. The first-order chi connectivity index (χ1) is 16.8. The summed E-state index contributed by atoms with van der Waals surface area (Å²) in [6.07, 6.45) is -2.43. The maximum atomic E-state index is 13.7. The number of nitrogens with zero attached hydrogens (tertiary/aromatic N) is 7. The molecular formula is C21H23F2N7O4S. The van der Waals surface area contributed by atoms with E-state index < -0.39 is 42.0 Å². The predicted molar refractivity (Wildman–Crippen MR) is 122 cm³/mol. The van der Waals surface area contributed by atoms with Gasteiger partial charge in [-0.1, -0.05) is 30.0 Å². The summed E-state index contributed by atoms with van der Waals surface area (Å²) in [4.78, 5) is 21.0. The van der Waals surface area contributed by atoms with Gasteiger partial charge < -0.3 is 15.3 Å². The maximum absolute atomic E-state index is 13.7. The summed E-state index contributed by atoms with van der Waals surface area (Å²) in [5, 5.41) is 43.3. The van der Waals surface area contributed by atoms with Crippen LogP contribution in [0, 0.1) is 16.5 Å². The first-order valence-electron chi connectivity index (χ1n) is 11.2. The number of aliphatic hydroxyl groups excluding tert-OH is 3. The third-order valence-electron chi connectivity index (χ3n) is 6.40. The van der Waals surface area contributed by atoms with Gasteiger partial charge in [0.2, 0.25) is 0 Å². The zero-order chi connectivity index (χ0) is 24.9. The molecule has 11 nitrogen and oxygen atoms in total. The highest BCUT2D eigenvalue weighted by Crippen LogP contribution is 2.47. The lowest BCUT2D eigenvalue weighted by Gasteiger charge is -2.18. The smallest absolute Gasteiger partial charge is 0.191 e. The van der Waals surface area contributed by atoms with Crippen molar-refractivity contribution in [3.05, 3.63) is 40.3 Å². The first-order valence-corrected chi connectivity index (χ1v) is 12.2. The fourth-order valence-corrected chi connectivity index (χ4v) is 5.16. The third-order valence-corrected chi connectivity index (χ3v) is 7.46. The van der Waals surface area contributed by atoms with Crippen LogP contribution in [-0.2, 0) is 0 Å². The topological polar surface area (TPSA) is 150 Å². The number of anilines is 1. The molecule has 3 N–H and O–H groups in total. The van der Waals surface area contributed by atoms with E-state index >= 15 is 0 Å². The lowest BCUT2D eigenvalue weighted by molar-refractivity contribution is -0.0253. The van der Waals surface area contributed by atoms with Crippen LogP contribution in [0.4, 0.5) is 14.6 Å². The Bertz CT molecular complexity index is 1260. The fraction of sp³-hybridized carbons (Fsp3) is 0.524. The highest BCUT2D eigenvalue weighted by Gasteiger charge is 2.47. The number of aliphatic hydroxyl groups is 3. The molecule has 14 heteroatoms. The van der Waals surface area contributed by atoms with Crippen molar-refractivity contribution in [3.63, 3.8) is 0 Å². The quantitative estimate of drug-likeness (QED) is 0.179. The van der Waals surface area contributed by atoms with E-state index in [2.05, 4.69) is 25.6 Å². The summed E-state index contributed by atoms with van der Waals surface area (Å²) in [5.74, 6) is -1.38. The number of nitroso groups, excluding NO2 is 1. The summed E-state index contributed by atoms with van der Waals surface area (Å²) in [5.41, 5.74) is 0.913. The lowest BCUT2D eigenvalue weighted by Crippen LogP contribution is -2.31. The second-order valence-corrected chi connectivity index (χ2v) is 9.81. The summed E-state index contributed by atoms with van der Waals surface area (Å²) in [6.45, 7) is 1.99. The normalized spacial score (nSPS) is 27.9. The largest absolute Gasteiger partial charge is 0.390 e. The molecule has 0 bridgehead atoms. The van der Waals surface area contributed by atoms with Crippen molar-refractivity contribution in [2.24, 2.45) is 5.29 Å². The lowest BCUT2D eigenvalue weighted by atomic mass is 10.1. The molecule has 2 saturated carbocycles. The number of benzene rings is 1. The molecule has 0 aliphatic heterocycles. The molecule has 186 valence electrons. The highest BCUT2D eigenvalue weighted by atomic mass is 32.2. The van der Waals surface area contributed by atoms with Gasteiger partial charge >= 0.3 is 0 Å². The van der Waals surface area contributed by atoms with Gasteiger partial charge in [-0.05, 0) is 30.5 Å². The second-order valence-electron chi connectivity index (χ2n) is 8.75. The maximum Gasteiger partial charge on any atom is 0.191 e. The van der Waals surface area contributed by atoms with Crippen LogP contribution in [0.3, 0.4) is 0 Å². The summed E-state index contributed by atoms with van der Waals surface area (Å²) < 4.78 is 28.4. The molecule has 0 unspecified atom stereocenters. The third kappa shape index (κ3) is 4.24. The molecule has 6 atom stereocenters. The standard InChI is InChI=1S/C21H23F2N7O4S/c1-2-5-35-21-24-19-16(26-27-29(19)14-8-15(31)18(33)17(14)32)20(25-21)30(28-34)13-7-10(13)9-3-4-11(22)12(23)6-9/h3-4,6,10,13-15,17-18,31-33H,2,5,7-8H2,1H3/t10-,13+,14-,15-,17-,18+/m0/s1. The van der Waals surface area contributed by atoms with E-state index in [1.807, 2.05) is 6.92 Å². The number of fused-ring (bicyclic) bond motifs is 1. The zero-order valence-corrected chi connectivity index (χ0v) is 19.4. The molecule has 2 fully saturated rings. The minimum absolute atomic E-state index is 0.0358. The Labute approximate surface area is 202 Å². The van der Waals surface area contributed by atoms with E-state index in [0.717, 1.165) is 23.6 Å². The number of aromatic nitrogens is 5. The van der Waals surface area contributed by atoms with E-state index in [1.165, 1.54) is 22.5 Å². The van der Waals surface area contributed by atoms with Crippen molar-refractivity contribution in [2.75, 3.05) is 10.8 Å². The van der Waals surface area contributed by atoms with Crippen LogP contribution in [0.5, 0.6) is 0 Å². The van der Waals surface area contributed by atoms with Gasteiger partial charge in [0.1, 0.15) is 12.2 Å². The Balaban J connectivity index is 1.54. The second kappa shape index (κ2) is 9.33. The van der Waals surface area contributed by atoms with Crippen molar-refractivity contribution in [3.8, 4) is 0 Å². The molecule has 2 heterocycles. The van der Waals surface area contributed by atoms with Crippen LogP contribution in [0.2, 0.25) is 0 Å². The molecule has 2 aromatic heterocycles. The number of thioether (sulfide) groups is 1. The van der Waals surface area contributed by atoms with Gasteiger partial charge in [0, 0.05) is 18.1 Å². The van der Waals surface area contributed by atoms with Gasteiger partial charge in [0.15, 0.2) is 33.8 Å². The first kappa shape index (κ1) is 23.9. The SMILES string of the molecule is CCCSc1nc(N(N=O)[C@@H]2C[C@H]2c2ccc(F)c(F)c2)c2nnn([C@H]3C[C@H](O)[C@@H](O)[C@H]3O)c2n1. The zero-order valence-electron chi connectivity index (χ0n) is 18.6. The van der Waals surface area contributed by atoms with Gasteiger partial charge in [0.25, 0.3) is 0 Å². The number of halogens is 2. The van der Waals surface area contributed by atoms with Crippen molar-refractivity contribution < 1.29 is 24.1 Å². The Kier molecular flexibility index (Phi) is 6.38. The van der Waals surface area contributed by atoms with Crippen LogP contribution in [0.25, 0.3) is 11.2 Å². The van der Waals surface area contributed by atoms with Gasteiger partial charge in [-0.2, -0.15) is 0 Å². The van der Waals surface area contributed by atoms with E-state index in [4.69, 9.17) is 0 Å². The molecule has 0 radical (unpaired) electrons. The van der Waals surface area contributed by atoms with E-state index in [9.17, 15) is 29.0 Å². The van der Waals surface area contributed by atoms with Crippen molar-refractivity contribution in [1.29, 1.82) is 0 Å². The molecule has 2 aliphatic carbocycles. The van der Waals surface area contributed by atoms with Gasteiger partial charge in [0.05, 0.1) is 23.5 Å². The molecule has 3 aromatic rings. The molecule has 5 rings (SSSR count). The highest BCUT2D eigenvalue weighted by molar-refractivity contribution is 7.99. The minimum atomic E-state index is -1.34. The number of hydrogen-bond donors (Lipinski definition) is 3. The molecular weight excluding hydrogens is 484 g/mol. The molecule has 0 amide bonds. The fourth-order valence-electron chi connectivity index (χ4n) is 4.47. The van der Waals surface area contributed by atoms with Gasteiger partial charge in [-0.3, -0.25) is 0 Å². The monoisotopic (exact) mass is 507 g/mol. The summed E-state index contributed by atoms with van der Waals surface area (Å²) in [6, 6.07) is 2.38. The Morgan fingerprint density at radius 1 is 1.17 bits per heavy atom. The van der Waals surface area contributed by atoms with Crippen molar-refractivity contribution in [1.82, 2.24) is 25.0 Å². The van der Waals surface area contributed by atoms with Crippen molar-refractivity contribution >= 4 is 28.7 Å². The van der Waals surface area contributed by atoms with E-state index in [1.54, 1.807) is 0 Å². The number of hydrogen-bond acceptors (Lipinski definition) is 10. The minimum Gasteiger partial charge on any atom is -0.390 e. The van der Waals surface area contributed by atoms with E-state index in [0.29, 0.717) is 22.9 Å². The van der Waals surface area contributed by atoms with Gasteiger partial charge in [-0.25, -0.2) is 28.4 Å². The average Bonchev–Trinajstić information content (AvgIpc) is 3.45. The van der Waals surface area contributed by atoms with Crippen LogP contribution in [0.15, 0.2) is 28.6 Å². The Morgan fingerprint density at radius 2 is 1.97 bits per heavy atom.